The van der Waals surface area contributed by atoms with Gasteiger partial charge in [-0.25, -0.2) is 0 Å². The molecule has 0 aromatic heterocycles. The van der Waals surface area contributed by atoms with Gasteiger partial charge in [-0.3, -0.25) is 9.69 Å². The van der Waals surface area contributed by atoms with Crippen LogP contribution < -0.4 is 15.8 Å². The summed E-state index contributed by atoms with van der Waals surface area (Å²) in [6, 6.07) is 5.56. The molecule has 0 fully saturated rings. The zero-order valence-corrected chi connectivity index (χ0v) is 10.5. The predicted molar refractivity (Wildman–Crippen MR) is 67.8 cm³/mol. The molecule has 0 saturated heterocycles. The molecule has 0 radical (unpaired) electrons. The first-order chi connectivity index (χ1) is 8.05. The minimum Gasteiger partial charge on any atom is -0.497 e. The summed E-state index contributed by atoms with van der Waals surface area (Å²) < 4.78 is 5.14. The monoisotopic (exact) mass is 237 g/mol. The van der Waals surface area contributed by atoms with Crippen LogP contribution in [0.1, 0.15) is 5.56 Å². The van der Waals surface area contributed by atoms with E-state index in [1.165, 1.54) is 0 Å². The zero-order valence-electron chi connectivity index (χ0n) is 10.5. The molecule has 17 heavy (non-hydrogen) atoms. The Morgan fingerprint density at radius 3 is 2.76 bits per heavy atom. The van der Waals surface area contributed by atoms with Crippen LogP contribution in [0.4, 0.5) is 5.69 Å². The van der Waals surface area contributed by atoms with Crippen LogP contribution in [0.2, 0.25) is 0 Å². The number of amides is 1. The summed E-state index contributed by atoms with van der Waals surface area (Å²) in [7, 11) is 5.11. The van der Waals surface area contributed by atoms with Crippen LogP contribution in [-0.4, -0.2) is 38.6 Å². The van der Waals surface area contributed by atoms with E-state index >= 15 is 0 Å². The van der Waals surface area contributed by atoms with E-state index in [0.29, 0.717) is 18.8 Å². The van der Waals surface area contributed by atoms with E-state index in [4.69, 9.17) is 10.5 Å². The number of hydrogen-bond acceptors (Lipinski definition) is 4. The van der Waals surface area contributed by atoms with Gasteiger partial charge in [-0.15, -0.1) is 0 Å². The number of nitrogens with one attached hydrogen (secondary N) is 1. The lowest BCUT2D eigenvalue weighted by Gasteiger charge is -2.16. The van der Waals surface area contributed by atoms with E-state index in [0.717, 1.165) is 11.3 Å². The first-order valence-corrected chi connectivity index (χ1v) is 5.37. The van der Waals surface area contributed by atoms with Crippen LogP contribution in [0.5, 0.6) is 5.75 Å². The average molecular weight is 237 g/mol. The van der Waals surface area contributed by atoms with E-state index in [1.807, 2.05) is 24.1 Å². The molecule has 5 heteroatoms. The predicted octanol–water partition coefficient (Wildman–Crippen LogP) is 0.455. The third-order valence-electron chi connectivity index (χ3n) is 2.37. The standard InChI is InChI=1S/C12H19N3O2/c1-14-12(16)8-15(2)7-9-4-10(13)6-11(5-9)17-3/h4-6H,7-8,13H2,1-3H3,(H,14,16). The van der Waals surface area contributed by atoms with Gasteiger partial charge >= 0.3 is 0 Å². The molecule has 0 saturated carbocycles. The van der Waals surface area contributed by atoms with Gasteiger partial charge in [0.15, 0.2) is 0 Å². The number of nitrogen functional groups attached to an aromatic ring is 1. The van der Waals surface area contributed by atoms with Crippen LogP contribution in [-0.2, 0) is 11.3 Å². The van der Waals surface area contributed by atoms with Gasteiger partial charge in [0.05, 0.1) is 13.7 Å². The normalized spacial score (nSPS) is 10.4. The number of rotatable bonds is 5. The van der Waals surface area contributed by atoms with Gasteiger partial charge in [0, 0.05) is 25.3 Å². The highest BCUT2D eigenvalue weighted by molar-refractivity contribution is 5.77. The number of nitrogens with two attached hydrogens (primary N) is 1. The second-order valence-electron chi connectivity index (χ2n) is 3.96. The third kappa shape index (κ3) is 4.32. The zero-order chi connectivity index (χ0) is 12.8. The van der Waals surface area contributed by atoms with Crippen molar-refractivity contribution in [1.29, 1.82) is 0 Å². The third-order valence-corrected chi connectivity index (χ3v) is 2.37. The van der Waals surface area contributed by atoms with E-state index in [2.05, 4.69) is 5.32 Å². The summed E-state index contributed by atoms with van der Waals surface area (Å²) in [6.07, 6.45) is 0. The first kappa shape index (κ1) is 13.3. The second kappa shape index (κ2) is 6.10. The van der Waals surface area contributed by atoms with Crippen molar-refractivity contribution in [2.45, 2.75) is 6.54 Å². The Kier molecular flexibility index (Phi) is 4.78. The van der Waals surface area contributed by atoms with E-state index in [9.17, 15) is 4.79 Å². The molecule has 0 aliphatic rings. The average Bonchev–Trinajstić information content (AvgIpc) is 2.27. The maximum atomic E-state index is 11.2. The second-order valence-corrected chi connectivity index (χ2v) is 3.96. The Morgan fingerprint density at radius 2 is 2.18 bits per heavy atom. The van der Waals surface area contributed by atoms with Gasteiger partial charge in [0.1, 0.15) is 5.75 Å². The van der Waals surface area contributed by atoms with Gasteiger partial charge in [0.25, 0.3) is 0 Å². The highest BCUT2D eigenvalue weighted by atomic mass is 16.5. The van der Waals surface area contributed by atoms with Crippen LogP contribution >= 0.6 is 0 Å². The molecular weight excluding hydrogens is 218 g/mol. The maximum Gasteiger partial charge on any atom is 0.233 e. The van der Waals surface area contributed by atoms with Crippen LogP contribution in [0, 0.1) is 0 Å². The van der Waals surface area contributed by atoms with E-state index in [1.54, 1.807) is 20.2 Å². The van der Waals surface area contributed by atoms with Crippen LogP contribution in [0.25, 0.3) is 0 Å². The summed E-state index contributed by atoms with van der Waals surface area (Å²) in [5, 5.41) is 2.59. The lowest BCUT2D eigenvalue weighted by atomic mass is 10.2. The Hall–Kier alpha value is -1.75. The molecule has 0 spiro atoms. The summed E-state index contributed by atoms with van der Waals surface area (Å²) in [5.41, 5.74) is 7.44. The number of likely N-dealkylation sites (N-methyl/N-ethyl adjacent to an activating group) is 2. The molecule has 0 atom stereocenters. The van der Waals surface area contributed by atoms with E-state index < -0.39 is 0 Å². The van der Waals surface area contributed by atoms with Crippen molar-refractivity contribution in [2.75, 3.05) is 33.5 Å². The minimum atomic E-state index is -0.0108. The Balaban J connectivity index is 2.67. The lowest BCUT2D eigenvalue weighted by Crippen LogP contribution is -2.32. The Labute approximate surface area is 102 Å². The molecule has 94 valence electrons. The number of carbonyl (C=O) groups is 1. The maximum absolute atomic E-state index is 11.2. The topological polar surface area (TPSA) is 67.6 Å². The molecule has 5 nitrogen and oxygen atoms in total. The molecule has 1 amide bonds. The number of anilines is 1. The van der Waals surface area contributed by atoms with Crippen molar-refractivity contribution < 1.29 is 9.53 Å². The Bertz CT molecular complexity index is 393. The van der Waals surface area contributed by atoms with Crippen LogP contribution in [0.3, 0.4) is 0 Å². The molecule has 0 bridgehead atoms. The van der Waals surface area contributed by atoms with Gasteiger partial charge in [0.2, 0.25) is 5.91 Å². The Morgan fingerprint density at radius 1 is 1.47 bits per heavy atom. The first-order valence-electron chi connectivity index (χ1n) is 5.37. The number of ether oxygens (including phenoxy) is 1. The fourth-order valence-electron chi connectivity index (χ4n) is 1.59. The van der Waals surface area contributed by atoms with Gasteiger partial charge < -0.3 is 15.8 Å². The lowest BCUT2D eigenvalue weighted by molar-refractivity contribution is -0.121. The number of methoxy groups -OCH3 is 1. The largest absolute Gasteiger partial charge is 0.497 e. The van der Waals surface area contributed by atoms with Gasteiger partial charge in [-0.2, -0.15) is 0 Å². The highest BCUT2D eigenvalue weighted by Gasteiger charge is 2.06. The highest BCUT2D eigenvalue weighted by Crippen LogP contribution is 2.19. The summed E-state index contributed by atoms with van der Waals surface area (Å²) >= 11 is 0. The number of nitrogens with zero attached hydrogens (tertiary/aromatic N) is 1. The van der Waals surface area contributed by atoms with Gasteiger partial charge in [-0.1, -0.05) is 0 Å². The summed E-state index contributed by atoms with van der Waals surface area (Å²) in [5.74, 6) is 0.719. The molecular formula is C12H19N3O2. The molecule has 3 N–H and O–H groups in total. The minimum absolute atomic E-state index is 0.0108. The number of carbonyl (C=O) groups excluding carboxylic acids is 1. The van der Waals surface area contributed by atoms with Crippen LogP contribution in [0.15, 0.2) is 18.2 Å². The molecule has 1 aromatic rings. The van der Waals surface area contributed by atoms with Crippen molar-refractivity contribution in [1.82, 2.24) is 10.2 Å². The van der Waals surface area contributed by atoms with Crippen molar-refractivity contribution >= 4 is 11.6 Å². The molecule has 1 aromatic carbocycles. The van der Waals surface area contributed by atoms with Gasteiger partial charge in [-0.05, 0) is 24.7 Å². The molecule has 0 unspecified atom stereocenters. The summed E-state index contributed by atoms with van der Waals surface area (Å²) in [6.45, 7) is 1.00. The molecule has 0 aliphatic carbocycles. The molecule has 0 heterocycles. The van der Waals surface area contributed by atoms with E-state index in [-0.39, 0.29) is 5.91 Å². The SMILES string of the molecule is CNC(=O)CN(C)Cc1cc(N)cc(OC)c1. The van der Waals surface area contributed by atoms with Crippen molar-refractivity contribution in [3.63, 3.8) is 0 Å². The number of hydrogen-bond donors (Lipinski definition) is 2. The quantitative estimate of drug-likeness (QED) is 0.730. The smallest absolute Gasteiger partial charge is 0.233 e. The fourth-order valence-corrected chi connectivity index (χ4v) is 1.59. The number of benzene rings is 1. The van der Waals surface area contributed by atoms with Crippen molar-refractivity contribution in [2.24, 2.45) is 0 Å². The molecule has 1 rings (SSSR count). The summed E-state index contributed by atoms with van der Waals surface area (Å²) in [4.78, 5) is 13.1. The fraction of sp³-hybridized carbons (Fsp3) is 0.417. The molecule has 0 aliphatic heterocycles. The van der Waals surface area contributed by atoms with Crippen molar-refractivity contribution in [3.8, 4) is 5.75 Å². The van der Waals surface area contributed by atoms with Crippen molar-refractivity contribution in [3.05, 3.63) is 23.8 Å².